The molecule has 1 N–H and O–H groups in total. The number of fused-ring (bicyclic) bond motifs is 5. The minimum atomic E-state index is -0.445. The summed E-state index contributed by atoms with van der Waals surface area (Å²) in [6.07, 6.45) is 13.2. The first-order chi connectivity index (χ1) is 14.8. The average molecular weight is 438 g/mol. The third-order valence-corrected chi connectivity index (χ3v) is 9.95. The molecular formula is C26H31NO3S. The minimum Gasteiger partial charge on any atom is -0.393 e. The van der Waals surface area contributed by atoms with Crippen LogP contribution in [0.2, 0.25) is 0 Å². The maximum Gasteiger partial charge on any atom is 0.178 e. The fourth-order valence-corrected chi connectivity index (χ4v) is 8.37. The van der Waals surface area contributed by atoms with Crippen molar-refractivity contribution in [3.63, 3.8) is 0 Å². The van der Waals surface area contributed by atoms with Crippen molar-refractivity contribution in [1.82, 2.24) is 4.98 Å². The van der Waals surface area contributed by atoms with Crippen LogP contribution in [0.1, 0.15) is 46.0 Å². The van der Waals surface area contributed by atoms with Gasteiger partial charge < -0.3 is 5.11 Å². The van der Waals surface area contributed by atoms with E-state index < -0.39 is 6.10 Å². The van der Waals surface area contributed by atoms with Crippen LogP contribution < -0.4 is 0 Å². The second-order valence-electron chi connectivity index (χ2n) is 10.4. The zero-order valence-electron chi connectivity index (χ0n) is 18.3. The van der Waals surface area contributed by atoms with Gasteiger partial charge in [0.25, 0.3) is 0 Å². The van der Waals surface area contributed by atoms with Crippen LogP contribution in [0.5, 0.6) is 0 Å². The lowest BCUT2D eigenvalue weighted by Crippen LogP contribution is -2.56. The number of nitrogens with zero attached hydrogens (tertiary/aromatic N) is 1. The normalized spacial score (nSPS) is 41.2. The molecule has 0 aromatic carbocycles. The predicted octanol–water partition coefficient (Wildman–Crippen LogP) is 4.64. The first kappa shape index (κ1) is 21.1. The van der Waals surface area contributed by atoms with Gasteiger partial charge in [0.2, 0.25) is 0 Å². The van der Waals surface area contributed by atoms with E-state index in [0.717, 1.165) is 30.6 Å². The zero-order valence-corrected chi connectivity index (χ0v) is 19.1. The summed E-state index contributed by atoms with van der Waals surface area (Å²) < 4.78 is 0. The standard InChI is InChI=1S/C26H31NO3S/c1-25-10-7-17(28)13-16(25)3-4-19-20-5-6-21(26(20,2)14-22(29)24(19)25)23(30)15-31-18-8-11-27-12-9-18/h7-13,19-22,24,29H,3-6,14-15H2,1-2H3/t19?,20?,21?,22-,24?,25?,26?/m0/s1. The van der Waals surface area contributed by atoms with Crippen molar-refractivity contribution in [2.45, 2.75) is 57.0 Å². The van der Waals surface area contributed by atoms with Gasteiger partial charge in [-0.3, -0.25) is 14.6 Å². The molecule has 7 atom stereocenters. The fraction of sp³-hybridized carbons (Fsp3) is 0.577. The van der Waals surface area contributed by atoms with E-state index in [-0.39, 0.29) is 28.4 Å². The molecule has 0 bridgehead atoms. The second kappa shape index (κ2) is 7.70. The lowest BCUT2D eigenvalue weighted by Gasteiger charge is -2.58. The SMILES string of the molecule is CC12C=CC(=O)C=C1CCC1C2[C@@H](O)CC2(C)C(C(=O)CSc3ccncc3)CCC12. The molecule has 4 nitrogen and oxygen atoms in total. The molecule has 0 saturated heterocycles. The third-order valence-electron chi connectivity index (χ3n) is 8.91. The molecule has 5 heteroatoms. The van der Waals surface area contributed by atoms with Crippen LogP contribution in [-0.2, 0) is 9.59 Å². The number of hydrogen-bond acceptors (Lipinski definition) is 5. The second-order valence-corrected chi connectivity index (χ2v) is 11.4. The number of aromatic nitrogens is 1. The monoisotopic (exact) mass is 437 g/mol. The molecule has 1 aromatic rings. The lowest BCUT2D eigenvalue weighted by atomic mass is 9.46. The fourth-order valence-electron chi connectivity index (χ4n) is 7.54. The lowest BCUT2D eigenvalue weighted by molar-refractivity contribution is -0.137. The first-order valence-electron chi connectivity index (χ1n) is 11.5. The summed E-state index contributed by atoms with van der Waals surface area (Å²) in [6, 6.07) is 3.89. The van der Waals surface area contributed by atoms with Crippen LogP contribution in [0.15, 0.2) is 53.2 Å². The number of ketones is 2. The molecule has 1 heterocycles. The zero-order chi connectivity index (χ0) is 21.8. The Balaban J connectivity index is 1.37. The average Bonchev–Trinajstić information content (AvgIpc) is 3.09. The Labute approximate surface area is 188 Å². The molecule has 164 valence electrons. The predicted molar refractivity (Wildman–Crippen MR) is 121 cm³/mol. The van der Waals surface area contributed by atoms with Gasteiger partial charge in [0, 0.05) is 34.5 Å². The van der Waals surface area contributed by atoms with Gasteiger partial charge in [-0.15, -0.1) is 11.8 Å². The number of hydrogen-bond donors (Lipinski definition) is 1. The summed E-state index contributed by atoms with van der Waals surface area (Å²) in [7, 11) is 0. The van der Waals surface area contributed by atoms with Crippen LogP contribution >= 0.6 is 11.8 Å². The number of pyridine rings is 1. The molecule has 0 radical (unpaired) electrons. The summed E-state index contributed by atoms with van der Waals surface area (Å²) in [5, 5.41) is 11.4. The van der Waals surface area contributed by atoms with Crippen LogP contribution in [-0.4, -0.2) is 33.5 Å². The van der Waals surface area contributed by atoms with Crippen molar-refractivity contribution >= 4 is 23.3 Å². The molecule has 3 fully saturated rings. The molecule has 4 aliphatic carbocycles. The Kier molecular flexibility index (Phi) is 5.25. The molecule has 0 amide bonds. The number of carbonyl (C=O) groups excluding carboxylic acids is 2. The number of aliphatic hydroxyl groups excluding tert-OH is 1. The molecule has 3 saturated carbocycles. The van der Waals surface area contributed by atoms with Gasteiger partial charge in [-0.05, 0) is 73.6 Å². The van der Waals surface area contributed by atoms with Crippen molar-refractivity contribution in [2.24, 2.45) is 34.5 Å². The van der Waals surface area contributed by atoms with Crippen LogP contribution in [0.3, 0.4) is 0 Å². The Morgan fingerprint density at radius 1 is 1.23 bits per heavy atom. The number of carbonyl (C=O) groups is 2. The van der Waals surface area contributed by atoms with E-state index in [4.69, 9.17) is 0 Å². The summed E-state index contributed by atoms with van der Waals surface area (Å²) >= 11 is 1.59. The van der Waals surface area contributed by atoms with Crippen LogP contribution in [0.4, 0.5) is 0 Å². The van der Waals surface area contributed by atoms with Crippen LogP contribution in [0, 0.1) is 34.5 Å². The van der Waals surface area contributed by atoms with E-state index in [1.807, 2.05) is 12.1 Å². The van der Waals surface area contributed by atoms with Crippen molar-refractivity contribution in [3.05, 3.63) is 48.3 Å². The van der Waals surface area contributed by atoms with Gasteiger partial charge in [-0.2, -0.15) is 0 Å². The quantitative estimate of drug-likeness (QED) is 0.695. The van der Waals surface area contributed by atoms with E-state index in [0.29, 0.717) is 29.8 Å². The maximum absolute atomic E-state index is 13.3. The molecule has 0 aliphatic heterocycles. The molecule has 4 aliphatic rings. The molecule has 0 spiro atoms. The van der Waals surface area contributed by atoms with Gasteiger partial charge in [0.15, 0.2) is 5.78 Å². The topological polar surface area (TPSA) is 67.3 Å². The number of Topliss-reactive ketones (excluding diaryl/α,β-unsaturated/α-hetero) is 1. The van der Waals surface area contributed by atoms with E-state index >= 15 is 0 Å². The summed E-state index contributed by atoms with van der Waals surface area (Å²) in [4.78, 5) is 30.4. The van der Waals surface area contributed by atoms with Crippen molar-refractivity contribution in [2.75, 3.05) is 5.75 Å². The highest BCUT2D eigenvalue weighted by Crippen LogP contribution is 2.66. The largest absolute Gasteiger partial charge is 0.393 e. The number of allylic oxidation sites excluding steroid dienone is 4. The van der Waals surface area contributed by atoms with Gasteiger partial charge >= 0.3 is 0 Å². The van der Waals surface area contributed by atoms with Gasteiger partial charge in [-0.1, -0.05) is 25.5 Å². The van der Waals surface area contributed by atoms with E-state index in [2.05, 4.69) is 24.9 Å². The summed E-state index contributed by atoms with van der Waals surface area (Å²) in [6.45, 7) is 4.46. The Hall–Kier alpha value is -1.72. The van der Waals surface area contributed by atoms with E-state index in [1.54, 1.807) is 36.3 Å². The molecule has 5 rings (SSSR count). The summed E-state index contributed by atoms with van der Waals surface area (Å²) in [5.74, 6) is 1.90. The highest BCUT2D eigenvalue weighted by atomic mass is 32.2. The highest BCUT2D eigenvalue weighted by Gasteiger charge is 2.62. The van der Waals surface area contributed by atoms with Crippen molar-refractivity contribution in [3.8, 4) is 0 Å². The van der Waals surface area contributed by atoms with Gasteiger partial charge in [-0.25, -0.2) is 0 Å². The minimum absolute atomic E-state index is 0.0238. The van der Waals surface area contributed by atoms with Crippen molar-refractivity contribution in [1.29, 1.82) is 0 Å². The highest BCUT2D eigenvalue weighted by molar-refractivity contribution is 8.00. The Morgan fingerprint density at radius 2 is 2.00 bits per heavy atom. The van der Waals surface area contributed by atoms with Gasteiger partial charge in [0.1, 0.15) is 5.78 Å². The molecule has 1 aromatic heterocycles. The van der Waals surface area contributed by atoms with E-state index in [9.17, 15) is 14.7 Å². The molecule has 6 unspecified atom stereocenters. The molecular weight excluding hydrogens is 406 g/mol. The number of rotatable bonds is 4. The van der Waals surface area contributed by atoms with Crippen molar-refractivity contribution < 1.29 is 14.7 Å². The van der Waals surface area contributed by atoms with Gasteiger partial charge in [0.05, 0.1) is 11.9 Å². The number of aliphatic hydroxyl groups is 1. The summed E-state index contributed by atoms with van der Waals surface area (Å²) in [5.41, 5.74) is 0.808. The van der Waals surface area contributed by atoms with E-state index in [1.165, 1.54) is 5.57 Å². The Bertz CT molecular complexity index is 957. The van der Waals surface area contributed by atoms with Crippen LogP contribution in [0.25, 0.3) is 0 Å². The first-order valence-corrected chi connectivity index (χ1v) is 12.5. The third kappa shape index (κ3) is 3.36. The number of thioether (sulfide) groups is 1. The molecule has 31 heavy (non-hydrogen) atoms. The maximum atomic E-state index is 13.3. The smallest absolute Gasteiger partial charge is 0.178 e. The Morgan fingerprint density at radius 3 is 2.77 bits per heavy atom.